The van der Waals surface area contributed by atoms with E-state index < -0.39 is 0 Å². The molecule has 2 heteroatoms. The molecule has 0 aliphatic carbocycles. The first-order valence-electron chi connectivity index (χ1n) is 5.24. The molecule has 1 aliphatic rings. The second-order valence-corrected chi connectivity index (χ2v) is 5.47. The van der Waals surface area contributed by atoms with E-state index >= 15 is 0 Å². The van der Waals surface area contributed by atoms with E-state index in [0.717, 1.165) is 11.8 Å². The van der Waals surface area contributed by atoms with E-state index in [0.29, 0.717) is 5.92 Å². The minimum Gasteiger partial charge on any atom is -0.330 e. The molecular formula is C12H17NS. The van der Waals surface area contributed by atoms with Crippen LogP contribution >= 0.6 is 11.8 Å². The summed E-state index contributed by atoms with van der Waals surface area (Å²) in [5.74, 6) is 0.654. The van der Waals surface area contributed by atoms with Gasteiger partial charge in [0.15, 0.2) is 0 Å². The molecule has 0 saturated heterocycles. The van der Waals surface area contributed by atoms with E-state index in [1.807, 2.05) is 11.8 Å². The van der Waals surface area contributed by atoms with Crippen LogP contribution in [0, 0.1) is 5.92 Å². The van der Waals surface area contributed by atoms with E-state index in [2.05, 4.69) is 31.2 Å². The number of thioether (sulfide) groups is 1. The molecule has 1 heterocycles. The van der Waals surface area contributed by atoms with Crippen LogP contribution < -0.4 is 5.73 Å². The molecule has 1 aromatic carbocycles. The van der Waals surface area contributed by atoms with Crippen LogP contribution in [0.2, 0.25) is 0 Å². The zero-order chi connectivity index (χ0) is 9.97. The van der Waals surface area contributed by atoms with Crippen LogP contribution in [0.25, 0.3) is 0 Å². The highest BCUT2D eigenvalue weighted by Crippen LogP contribution is 2.39. The van der Waals surface area contributed by atoms with Crippen molar-refractivity contribution in [2.24, 2.45) is 11.7 Å². The Kier molecular flexibility index (Phi) is 3.14. The summed E-state index contributed by atoms with van der Waals surface area (Å²) in [5.41, 5.74) is 7.17. The zero-order valence-corrected chi connectivity index (χ0v) is 9.39. The van der Waals surface area contributed by atoms with Crippen LogP contribution in [0.5, 0.6) is 0 Å². The SMILES string of the molecule is CC(CN)CC1Cc2ccccc2S1. The van der Waals surface area contributed by atoms with Gasteiger partial charge < -0.3 is 5.73 Å². The summed E-state index contributed by atoms with van der Waals surface area (Å²) in [6.45, 7) is 3.05. The Bertz CT molecular complexity index is 286. The topological polar surface area (TPSA) is 26.0 Å². The lowest BCUT2D eigenvalue weighted by Gasteiger charge is -2.13. The van der Waals surface area contributed by atoms with Crippen molar-refractivity contribution in [1.82, 2.24) is 0 Å². The van der Waals surface area contributed by atoms with Gasteiger partial charge in [-0.2, -0.15) is 0 Å². The third-order valence-electron chi connectivity index (χ3n) is 2.78. The molecule has 76 valence electrons. The van der Waals surface area contributed by atoms with Gasteiger partial charge in [0, 0.05) is 10.1 Å². The number of hydrogen-bond donors (Lipinski definition) is 1. The molecule has 1 aromatic rings. The highest BCUT2D eigenvalue weighted by Gasteiger charge is 2.22. The molecule has 2 rings (SSSR count). The van der Waals surface area contributed by atoms with Crippen LogP contribution in [0.1, 0.15) is 18.9 Å². The van der Waals surface area contributed by atoms with E-state index in [4.69, 9.17) is 5.73 Å². The highest BCUT2D eigenvalue weighted by atomic mass is 32.2. The van der Waals surface area contributed by atoms with Crippen molar-refractivity contribution >= 4 is 11.8 Å². The fraction of sp³-hybridized carbons (Fsp3) is 0.500. The lowest BCUT2D eigenvalue weighted by atomic mass is 10.0. The summed E-state index contributed by atoms with van der Waals surface area (Å²) >= 11 is 2.02. The van der Waals surface area contributed by atoms with Crippen LogP contribution in [-0.2, 0) is 6.42 Å². The van der Waals surface area contributed by atoms with Gasteiger partial charge in [0.2, 0.25) is 0 Å². The summed E-state index contributed by atoms with van der Waals surface area (Å²) in [7, 11) is 0. The molecule has 0 radical (unpaired) electrons. The number of hydrogen-bond acceptors (Lipinski definition) is 2. The number of rotatable bonds is 3. The third kappa shape index (κ3) is 2.12. The first-order chi connectivity index (χ1) is 6.79. The van der Waals surface area contributed by atoms with Crippen molar-refractivity contribution in [3.05, 3.63) is 29.8 Å². The molecule has 0 aromatic heterocycles. The van der Waals surface area contributed by atoms with Crippen LogP contribution in [0.3, 0.4) is 0 Å². The Hall–Kier alpha value is -0.470. The Morgan fingerprint density at radius 1 is 1.50 bits per heavy atom. The van der Waals surface area contributed by atoms with Gasteiger partial charge in [-0.3, -0.25) is 0 Å². The number of nitrogens with two attached hydrogens (primary N) is 1. The van der Waals surface area contributed by atoms with Gasteiger partial charge in [-0.05, 0) is 36.9 Å². The first kappa shape index (κ1) is 10.1. The molecule has 1 aliphatic heterocycles. The fourth-order valence-corrected chi connectivity index (χ4v) is 3.44. The van der Waals surface area contributed by atoms with Crippen LogP contribution in [-0.4, -0.2) is 11.8 Å². The minimum absolute atomic E-state index is 0.654. The van der Waals surface area contributed by atoms with Crippen molar-refractivity contribution < 1.29 is 0 Å². The smallest absolute Gasteiger partial charge is 0.0138 e. The Morgan fingerprint density at radius 2 is 2.29 bits per heavy atom. The van der Waals surface area contributed by atoms with Gasteiger partial charge in [0.1, 0.15) is 0 Å². The van der Waals surface area contributed by atoms with Crippen molar-refractivity contribution in [2.75, 3.05) is 6.54 Å². The predicted octanol–water partition coefficient (Wildman–Crippen LogP) is 2.69. The number of fused-ring (bicyclic) bond motifs is 1. The maximum absolute atomic E-state index is 5.65. The molecule has 0 spiro atoms. The lowest BCUT2D eigenvalue weighted by Crippen LogP contribution is -2.16. The standard InChI is InChI=1S/C12H17NS/c1-9(8-13)6-11-7-10-4-2-3-5-12(10)14-11/h2-5,9,11H,6-8,13H2,1H3. The largest absolute Gasteiger partial charge is 0.330 e. The van der Waals surface area contributed by atoms with Crippen molar-refractivity contribution in [3.63, 3.8) is 0 Å². The Balaban J connectivity index is 1.98. The molecule has 0 saturated carbocycles. The predicted molar refractivity (Wildman–Crippen MR) is 62.6 cm³/mol. The van der Waals surface area contributed by atoms with Crippen LogP contribution in [0.4, 0.5) is 0 Å². The summed E-state index contributed by atoms with van der Waals surface area (Å²) in [5, 5.41) is 0.756. The van der Waals surface area contributed by atoms with Gasteiger partial charge in [0.25, 0.3) is 0 Å². The molecule has 0 fully saturated rings. The molecule has 2 N–H and O–H groups in total. The van der Waals surface area contributed by atoms with E-state index in [9.17, 15) is 0 Å². The minimum atomic E-state index is 0.654. The quantitative estimate of drug-likeness (QED) is 0.824. The Labute approximate surface area is 90.1 Å². The van der Waals surface area contributed by atoms with Gasteiger partial charge in [0.05, 0.1) is 0 Å². The average molecular weight is 207 g/mol. The summed E-state index contributed by atoms with van der Waals surface area (Å²) in [6, 6.07) is 8.73. The second-order valence-electron chi connectivity index (χ2n) is 4.13. The van der Waals surface area contributed by atoms with Crippen LogP contribution in [0.15, 0.2) is 29.2 Å². The van der Waals surface area contributed by atoms with Gasteiger partial charge in [-0.25, -0.2) is 0 Å². The molecule has 0 bridgehead atoms. The third-order valence-corrected chi connectivity index (χ3v) is 4.13. The zero-order valence-electron chi connectivity index (χ0n) is 8.57. The molecule has 2 atom stereocenters. The van der Waals surface area contributed by atoms with Crippen molar-refractivity contribution in [3.8, 4) is 0 Å². The summed E-state index contributed by atoms with van der Waals surface area (Å²) in [4.78, 5) is 1.47. The first-order valence-corrected chi connectivity index (χ1v) is 6.12. The van der Waals surface area contributed by atoms with E-state index in [1.54, 1.807) is 0 Å². The van der Waals surface area contributed by atoms with Gasteiger partial charge >= 0.3 is 0 Å². The van der Waals surface area contributed by atoms with E-state index in [-0.39, 0.29) is 0 Å². The molecule has 1 nitrogen and oxygen atoms in total. The lowest BCUT2D eigenvalue weighted by molar-refractivity contribution is 0.532. The maximum atomic E-state index is 5.65. The second kappa shape index (κ2) is 4.37. The maximum Gasteiger partial charge on any atom is 0.0138 e. The van der Waals surface area contributed by atoms with Crippen molar-refractivity contribution in [2.45, 2.75) is 29.9 Å². The summed E-state index contributed by atoms with van der Waals surface area (Å²) in [6.07, 6.45) is 2.47. The molecule has 2 unspecified atom stereocenters. The monoisotopic (exact) mass is 207 g/mol. The molecule has 14 heavy (non-hydrogen) atoms. The van der Waals surface area contributed by atoms with Gasteiger partial charge in [-0.1, -0.05) is 25.1 Å². The average Bonchev–Trinajstić information content (AvgIpc) is 2.59. The molecular weight excluding hydrogens is 190 g/mol. The Morgan fingerprint density at radius 3 is 3.00 bits per heavy atom. The molecule has 0 amide bonds. The van der Waals surface area contributed by atoms with Gasteiger partial charge in [-0.15, -0.1) is 11.8 Å². The fourth-order valence-electron chi connectivity index (χ4n) is 1.93. The van der Waals surface area contributed by atoms with E-state index in [1.165, 1.54) is 23.3 Å². The highest BCUT2D eigenvalue weighted by molar-refractivity contribution is 8.00. The number of benzene rings is 1. The van der Waals surface area contributed by atoms with Crippen molar-refractivity contribution in [1.29, 1.82) is 0 Å². The summed E-state index contributed by atoms with van der Waals surface area (Å²) < 4.78 is 0. The normalized spacial score (nSPS) is 22.0.